The van der Waals surface area contributed by atoms with Gasteiger partial charge in [0.2, 0.25) is 0 Å². The van der Waals surface area contributed by atoms with Gasteiger partial charge in [0.05, 0.1) is 17.2 Å². The SMILES string of the molecule is CCCC/C=C(\C#N)C(C)(C)O. The highest BCUT2D eigenvalue weighted by Crippen LogP contribution is 2.15. The monoisotopic (exact) mass is 167 g/mol. The fourth-order valence-corrected chi connectivity index (χ4v) is 0.883. The summed E-state index contributed by atoms with van der Waals surface area (Å²) < 4.78 is 0. The lowest BCUT2D eigenvalue weighted by molar-refractivity contribution is 0.124. The minimum Gasteiger partial charge on any atom is -0.385 e. The van der Waals surface area contributed by atoms with Crippen LogP contribution in [0.1, 0.15) is 40.0 Å². The van der Waals surface area contributed by atoms with Crippen LogP contribution in [0.25, 0.3) is 0 Å². The van der Waals surface area contributed by atoms with Gasteiger partial charge in [-0.05, 0) is 20.3 Å². The standard InChI is InChI=1S/C10H17NO/c1-4-5-6-7-9(8-11)10(2,3)12/h7,12H,4-6H2,1-3H3/b9-7+. The molecule has 0 rings (SSSR count). The predicted octanol–water partition coefficient (Wildman–Crippen LogP) is 2.40. The average molecular weight is 167 g/mol. The first-order chi connectivity index (χ1) is 5.52. The van der Waals surface area contributed by atoms with Crippen LogP contribution in [0.3, 0.4) is 0 Å². The average Bonchev–Trinajstić information content (AvgIpc) is 1.95. The lowest BCUT2D eigenvalue weighted by Crippen LogP contribution is -2.20. The summed E-state index contributed by atoms with van der Waals surface area (Å²) in [6.45, 7) is 5.37. The largest absolute Gasteiger partial charge is 0.385 e. The van der Waals surface area contributed by atoms with Gasteiger partial charge >= 0.3 is 0 Å². The minimum absolute atomic E-state index is 0.468. The lowest BCUT2D eigenvalue weighted by Gasteiger charge is -2.15. The molecule has 0 aromatic carbocycles. The predicted molar refractivity (Wildman–Crippen MR) is 49.5 cm³/mol. The highest BCUT2D eigenvalue weighted by atomic mass is 16.3. The van der Waals surface area contributed by atoms with Gasteiger partial charge in [-0.3, -0.25) is 0 Å². The summed E-state index contributed by atoms with van der Waals surface area (Å²) in [6.07, 6.45) is 4.88. The van der Waals surface area contributed by atoms with Crippen molar-refractivity contribution in [2.24, 2.45) is 0 Å². The molecule has 0 heterocycles. The molecule has 0 saturated carbocycles. The Kier molecular flexibility index (Phi) is 4.61. The van der Waals surface area contributed by atoms with Crippen molar-refractivity contribution in [3.63, 3.8) is 0 Å². The summed E-state index contributed by atoms with van der Waals surface area (Å²) in [5.41, 5.74) is -0.515. The van der Waals surface area contributed by atoms with Crippen molar-refractivity contribution in [3.05, 3.63) is 11.6 Å². The molecule has 0 bridgehead atoms. The highest BCUT2D eigenvalue weighted by molar-refractivity contribution is 5.28. The van der Waals surface area contributed by atoms with Gasteiger partial charge in [-0.2, -0.15) is 5.26 Å². The molecule has 0 saturated heterocycles. The van der Waals surface area contributed by atoms with Gasteiger partial charge in [-0.1, -0.05) is 25.8 Å². The van der Waals surface area contributed by atoms with Gasteiger partial charge in [0.25, 0.3) is 0 Å². The molecule has 0 atom stereocenters. The summed E-state index contributed by atoms with van der Waals surface area (Å²) >= 11 is 0. The van der Waals surface area contributed by atoms with E-state index >= 15 is 0 Å². The topological polar surface area (TPSA) is 44.0 Å². The number of unbranched alkanes of at least 4 members (excludes halogenated alkanes) is 2. The van der Waals surface area contributed by atoms with Crippen molar-refractivity contribution in [2.45, 2.75) is 45.6 Å². The van der Waals surface area contributed by atoms with E-state index in [-0.39, 0.29) is 0 Å². The molecule has 1 N–H and O–H groups in total. The fourth-order valence-electron chi connectivity index (χ4n) is 0.883. The third-order valence-corrected chi connectivity index (χ3v) is 1.69. The maximum atomic E-state index is 9.49. The number of nitriles is 1. The number of nitrogens with zero attached hydrogens (tertiary/aromatic N) is 1. The third-order valence-electron chi connectivity index (χ3n) is 1.69. The molecule has 0 aliphatic carbocycles. The summed E-state index contributed by atoms with van der Waals surface area (Å²) in [6, 6.07) is 2.01. The Morgan fingerprint density at radius 2 is 2.17 bits per heavy atom. The Bertz CT molecular complexity index is 193. The van der Waals surface area contributed by atoms with Gasteiger partial charge < -0.3 is 5.11 Å². The second-order valence-electron chi connectivity index (χ2n) is 3.43. The molecular weight excluding hydrogens is 150 g/mol. The van der Waals surface area contributed by atoms with Crippen LogP contribution in [-0.2, 0) is 0 Å². The fraction of sp³-hybridized carbons (Fsp3) is 0.700. The maximum absolute atomic E-state index is 9.49. The number of aliphatic hydroxyl groups is 1. The molecule has 0 unspecified atom stereocenters. The van der Waals surface area contributed by atoms with Crippen molar-refractivity contribution in [1.82, 2.24) is 0 Å². The van der Waals surface area contributed by atoms with E-state index in [1.807, 2.05) is 12.1 Å². The van der Waals surface area contributed by atoms with Gasteiger partial charge in [0, 0.05) is 0 Å². The smallest absolute Gasteiger partial charge is 0.0974 e. The Morgan fingerprint density at radius 1 is 1.58 bits per heavy atom. The van der Waals surface area contributed by atoms with Crippen LogP contribution < -0.4 is 0 Å². The minimum atomic E-state index is -0.984. The van der Waals surface area contributed by atoms with Gasteiger partial charge in [0.15, 0.2) is 0 Å². The number of rotatable bonds is 4. The summed E-state index contributed by atoms with van der Waals surface area (Å²) in [7, 11) is 0. The molecule has 0 aliphatic heterocycles. The van der Waals surface area contributed by atoms with E-state index in [0.29, 0.717) is 5.57 Å². The van der Waals surface area contributed by atoms with E-state index in [9.17, 15) is 5.11 Å². The van der Waals surface area contributed by atoms with Crippen molar-refractivity contribution < 1.29 is 5.11 Å². The molecule has 12 heavy (non-hydrogen) atoms. The number of allylic oxidation sites excluding steroid dienone is 1. The van der Waals surface area contributed by atoms with Crippen molar-refractivity contribution in [1.29, 1.82) is 5.26 Å². The Balaban J connectivity index is 4.18. The van der Waals surface area contributed by atoms with E-state index in [4.69, 9.17) is 5.26 Å². The van der Waals surface area contributed by atoms with Gasteiger partial charge in [-0.15, -0.1) is 0 Å². The van der Waals surface area contributed by atoms with Crippen LogP contribution in [-0.4, -0.2) is 10.7 Å². The molecule has 0 radical (unpaired) electrons. The Hall–Kier alpha value is -0.810. The molecule has 2 nitrogen and oxygen atoms in total. The second kappa shape index (κ2) is 4.95. The van der Waals surface area contributed by atoms with Crippen molar-refractivity contribution in [3.8, 4) is 6.07 Å². The first-order valence-corrected chi connectivity index (χ1v) is 4.35. The van der Waals surface area contributed by atoms with Crippen LogP contribution >= 0.6 is 0 Å². The van der Waals surface area contributed by atoms with Crippen LogP contribution in [0.15, 0.2) is 11.6 Å². The molecule has 2 heteroatoms. The van der Waals surface area contributed by atoms with Crippen LogP contribution in [0, 0.1) is 11.3 Å². The first kappa shape index (κ1) is 11.2. The third kappa shape index (κ3) is 4.15. The molecule has 0 aromatic rings. The highest BCUT2D eigenvalue weighted by Gasteiger charge is 2.17. The van der Waals surface area contributed by atoms with Crippen LogP contribution in [0.5, 0.6) is 0 Å². The zero-order chi connectivity index (χ0) is 9.61. The van der Waals surface area contributed by atoms with Crippen molar-refractivity contribution >= 4 is 0 Å². The quantitative estimate of drug-likeness (QED) is 0.516. The molecule has 0 fully saturated rings. The number of hydrogen-bond donors (Lipinski definition) is 1. The zero-order valence-electron chi connectivity index (χ0n) is 8.09. The van der Waals surface area contributed by atoms with Gasteiger partial charge in [0.1, 0.15) is 0 Å². The van der Waals surface area contributed by atoms with E-state index in [1.165, 1.54) is 0 Å². The van der Waals surface area contributed by atoms with E-state index in [0.717, 1.165) is 19.3 Å². The van der Waals surface area contributed by atoms with Crippen LogP contribution in [0.2, 0.25) is 0 Å². The normalized spacial score (nSPS) is 12.8. The lowest BCUT2D eigenvalue weighted by atomic mass is 9.98. The molecule has 0 amide bonds. The van der Waals surface area contributed by atoms with E-state index in [1.54, 1.807) is 13.8 Å². The molecule has 0 aliphatic rings. The Morgan fingerprint density at radius 3 is 2.50 bits per heavy atom. The summed E-state index contributed by atoms with van der Waals surface area (Å²) in [5, 5.41) is 18.2. The van der Waals surface area contributed by atoms with E-state index < -0.39 is 5.60 Å². The summed E-state index contributed by atoms with van der Waals surface area (Å²) in [5.74, 6) is 0. The number of hydrogen-bond acceptors (Lipinski definition) is 2. The second-order valence-corrected chi connectivity index (χ2v) is 3.43. The first-order valence-electron chi connectivity index (χ1n) is 4.35. The summed E-state index contributed by atoms with van der Waals surface area (Å²) in [4.78, 5) is 0. The molecule has 68 valence electrons. The zero-order valence-corrected chi connectivity index (χ0v) is 8.09. The van der Waals surface area contributed by atoms with Gasteiger partial charge in [-0.25, -0.2) is 0 Å². The van der Waals surface area contributed by atoms with Crippen LogP contribution in [0.4, 0.5) is 0 Å². The van der Waals surface area contributed by atoms with Crippen molar-refractivity contribution in [2.75, 3.05) is 0 Å². The maximum Gasteiger partial charge on any atom is 0.0974 e. The molecule has 0 aromatic heterocycles. The molecular formula is C10H17NO. The van der Waals surface area contributed by atoms with E-state index in [2.05, 4.69) is 6.92 Å². The molecule has 0 spiro atoms. The Labute approximate surface area is 74.5 Å².